The minimum atomic E-state index is -3.26. The zero-order chi connectivity index (χ0) is 33.2. The van der Waals surface area contributed by atoms with Crippen LogP contribution in [0.25, 0.3) is 0 Å². The second-order valence-electron chi connectivity index (χ2n) is 12.3. The minimum Gasteiger partial charge on any atom is -0.340 e. The second kappa shape index (κ2) is 16.0. The summed E-state index contributed by atoms with van der Waals surface area (Å²) in [6, 6.07) is 31.1. The van der Waals surface area contributed by atoms with E-state index in [-0.39, 0.29) is 41.5 Å². The normalized spacial score (nSPS) is 14.8. The summed E-state index contributed by atoms with van der Waals surface area (Å²) >= 11 is 0. The standard InChI is InChI=1S/C38H44N4O4S/c1-3-42(38(44)27-29-12-18-35(19-13-29)47(2,45)46)34-20-24-41(25-21-34)26-22-36(30-9-5-4-6-10-30)31-14-16-32(17-15-31)40-37(43)28-33-11-7-8-23-39-33/h4-19,23,34,36H,3,20-22,24-28H2,1-2H3,(H,40,43). The van der Waals surface area contributed by atoms with Crippen LogP contribution in [0.4, 0.5) is 5.69 Å². The van der Waals surface area contributed by atoms with Gasteiger partial charge in [0.05, 0.1) is 17.7 Å². The molecule has 1 fully saturated rings. The number of benzene rings is 3. The Hall–Kier alpha value is -4.34. The SMILES string of the molecule is CCN(C(=O)Cc1ccc(S(C)(=O)=O)cc1)C1CCN(CCC(c2ccccc2)c2ccc(NC(=O)Cc3ccccn3)cc2)CC1. The number of anilines is 1. The van der Waals surface area contributed by atoms with Gasteiger partial charge in [0.25, 0.3) is 0 Å². The summed E-state index contributed by atoms with van der Waals surface area (Å²) in [6.45, 7) is 5.49. The largest absolute Gasteiger partial charge is 0.340 e. The van der Waals surface area contributed by atoms with E-state index in [1.165, 1.54) is 17.4 Å². The molecule has 246 valence electrons. The van der Waals surface area contributed by atoms with Crippen LogP contribution in [0.1, 0.15) is 54.5 Å². The number of hydrogen-bond acceptors (Lipinski definition) is 6. The summed E-state index contributed by atoms with van der Waals surface area (Å²) in [5.41, 5.74) is 4.81. The predicted octanol–water partition coefficient (Wildman–Crippen LogP) is 5.74. The summed E-state index contributed by atoms with van der Waals surface area (Å²) < 4.78 is 23.6. The van der Waals surface area contributed by atoms with Crippen LogP contribution in [0.15, 0.2) is 108 Å². The van der Waals surface area contributed by atoms with Crippen LogP contribution in [0, 0.1) is 0 Å². The number of carbonyl (C=O) groups is 2. The first-order chi connectivity index (χ1) is 22.7. The highest BCUT2D eigenvalue weighted by Crippen LogP contribution is 2.30. The maximum Gasteiger partial charge on any atom is 0.230 e. The van der Waals surface area contributed by atoms with Crippen molar-refractivity contribution in [2.24, 2.45) is 0 Å². The monoisotopic (exact) mass is 652 g/mol. The Morgan fingerprint density at radius 1 is 0.872 bits per heavy atom. The van der Waals surface area contributed by atoms with Gasteiger partial charge in [-0.05, 0) is 85.8 Å². The fourth-order valence-electron chi connectivity index (χ4n) is 6.42. The third-order valence-electron chi connectivity index (χ3n) is 8.97. The van der Waals surface area contributed by atoms with Gasteiger partial charge in [-0.2, -0.15) is 0 Å². The number of aromatic nitrogens is 1. The molecule has 0 bridgehead atoms. The lowest BCUT2D eigenvalue weighted by Crippen LogP contribution is -2.48. The first-order valence-corrected chi connectivity index (χ1v) is 18.2. The van der Waals surface area contributed by atoms with E-state index < -0.39 is 9.84 Å². The number of likely N-dealkylation sites (N-methyl/N-ethyl adjacent to an activating group) is 1. The molecule has 1 aromatic heterocycles. The molecule has 4 aromatic rings. The molecule has 0 saturated carbocycles. The van der Waals surface area contributed by atoms with Crippen molar-refractivity contribution in [3.63, 3.8) is 0 Å². The maximum atomic E-state index is 13.3. The molecule has 8 nitrogen and oxygen atoms in total. The van der Waals surface area contributed by atoms with Crippen molar-refractivity contribution < 1.29 is 18.0 Å². The first kappa shape index (κ1) is 34.0. The third kappa shape index (κ3) is 9.59. The van der Waals surface area contributed by atoms with Crippen molar-refractivity contribution >= 4 is 27.3 Å². The van der Waals surface area contributed by atoms with Crippen molar-refractivity contribution in [1.29, 1.82) is 0 Å². The smallest absolute Gasteiger partial charge is 0.230 e. The van der Waals surface area contributed by atoms with Crippen LogP contribution in [0.5, 0.6) is 0 Å². The number of hydrogen-bond donors (Lipinski definition) is 1. The molecule has 2 heterocycles. The number of likely N-dealkylation sites (tertiary alicyclic amines) is 1. The number of rotatable bonds is 13. The lowest BCUT2D eigenvalue weighted by molar-refractivity contribution is -0.133. The summed E-state index contributed by atoms with van der Waals surface area (Å²) in [6.07, 6.45) is 6.19. The van der Waals surface area contributed by atoms with Crippen molar-refractivity contribution in [2.75, 3.05) is 37.8 Å². The molecular formula is C38H44N4O4S. The molecule has 1 atom stereocenters. The van der Waals surface area contributed by atoms with Gasteiger partial charge in [0, 0.05) is 55.4 Å². The topological polar surface area (TPSA) is 99.7 Å². The summed E-state index contributed by atoms with van der Waals surface area (Å²) in [5.74, 6) is 0.208. The van der Waals surface area contributed by atoms with Crippen molar-refractivity contribution in [3.05, 3.63) is 126 Å². The van der Waals surface area contributed by atoms with E-state index in [4.69, 9.17) is 0 Å². The average Bonchev–Trinajstić information content (AvgIpc) is 3.07. The van der Waals surface area contributed by atoms with Crippen LogP contribution in [-0.2, 0) is 32.3 Å². The fourth-order valence-corrected chi connectivity index (χ4v) is 7.05. The minimum absolute atomic E-state index is 0.0820. The molecule has 3 aromatic carbocycles. The van der Waals surface area contributed by atoms with Crippen LogP contribution >= 0.6 is 0 Å². The molecule has 1 aliphatic heterocycles. The Bertz CT molecular complexity index is 1710. The van der Waals surface area contributed by atoms with Crippen molar-refractivity contribution in [3.8, 4) is 0 Å². The molecule has 1 unspecified atom stereocenters. The molecule has 0 radical (unpaired) electrons. The summed E-state index contributed by atoms with van der Waals surface area (Å²) in [5, 5.41) is 2.99. The lowest BCUT2D eigenvalue weighted by Gasteiger charge is -2.38. The average molecular weight is 653 g/mol. The van der Waals surface area contributed by atoms with Crippen LogP contribution in [-0.4, -0.2) is 73.5 Å². The van der Waals surface area contributed by atoms with E-state index in [0.717, 1.165) is 55.8 Å². The number of nitrogens with one attached hydrogen (secondary N) is 1. The molecule has 1 aliphatic rings. The van der Waals surface area contributed by atoms with Crippen molar-refractivity contribution in [1.82, 2.24) is 14.8 Å². The Morgan fingerprint density at radius 2 is 1.53 bits per heavy atom. The summed E-state index contributed by atoms with van der Waals surface area (Å²) in [4.78, 5) is 34.8. The fraction of sp³-hybridized carbons (Fsp3) is 0.342. The molecule has 5 rings (SSSR count). The first-order valence-electron chi connectivity index (χ1n) is 16.3. The van der Waals surface area contributed by atoms with Gasteiger partial charge < -0.3 is 15.1 Å². The van der Waals surface area contributed by atoms with E-state index in [1.807, 2.05) is 48.2 Å². The van der Waals surface area contributed by atoms with E-state index in [2.05, 4.69) is 51.6 Å². The van der Waals surface area contributed by atoms with Crippen LogP contribution < -0.4 is 5.32 Å². The zero-order valence-corrected chi connectivity index (χ0v) is 28.0. The molecular weight excluding hydrogens is 609 g/mol. The van der Waals surface area contributed by atoms with Gasteiger partial charge in [0.1, 0.15) is 0 Å². The van der Waals surface area contributed by atoms with Gasteiger partial charge >= 0.3 is 0 Å². The summed E-state index contributed by atoms with van der Waals surface area (Å²) in [7, 11) is -3.26. The number of pyridine rings is 1. The Balaban J connectivity index is 1.15. The molecule has 9 heteroatoms. The molecule has 1 N–H and O–H groups in total. The number of amides is 2. The highest BCUT2D eigenvalue weighted by molar-refractivity contribution is 7.90. The van der Waals surface area contributed by atoms with Crippen molar-refractivity contribution in [2.45, 2.75) is 55.9 Å². The molecule has 1 saturated heterocycles. The molecule has 0 spiro atoms. The van der Waals surface area contributed by atoms with Gasteiger partial charge in [0.2, 0.25) is 11.8 Å². The Morgan fingerprint density at radius 3 is 2.15 bits per heavy atom. The van der Waals surface area contributed by atoms with Gasteiger partial charge in [-0.3, -0.25) is 14.6 Å². The highest BCUT2D eigenvalue weighted by atomic mass is 32.2. The lowest BCUT2D eigenvalue weighted by atomic mass is 9.88. The van der Waals surface area contributed by atoms with E-state index in [1.54, 1.807) is 30.5 Å². The molecule has 0 aliphatic carbocycles. The number of sulfone groups is 1. The number of nitrogens with zero attached hydrogens (tertiary/aromatic N) is 3. The highest BCUT2D eigenvalue weighted by Gasteiger charge is 2.27. The van der Waals surface area contributed by atoms with Gasteiger partial charge in [-0.15, -0.1) is 0 Å². The molecule has 2 amide bonds. The zero-order valence-electron chi connectivity index (χ0n) is 27.2. The van der Waals surface area contributed by atoms with E-state index >= 15 is 0 Å². The number of piperidine rings is 1. The quantitative estimate of drug-likeness (QED) is 0.198. The Kier molecular flexibility index (Phi) is 11.6. The number of carbonyl (C=O) groups excluding carboxylic acids is 2. The van der Waals surface area contributed by atoms with Gasteiger partial charge in [-0.1, -0.05) is 60.7 Å². The van der Waals surface area contributed by atoms with Crippen LogP contribution in [0.3, 0.4) is 0 Å². The predicted molar refractivity (Wildman–Crippen MR) is 186 cm³/mol. The van der Waals surface area contributed by atoms with Gasteiger partial charge in [-0.25, -0.2) is 8.42 Å². The maximum absolute atomic E-state index is 13.3. The van der Waals surface area contributed by atoms with Gasteiger partial charge in [0.15, 0.2) is 9.84 Å². The molecule has 47 heavy (non-hydrogen) atoms. The van der Waals surface area contributed by atoms with E-state index in [9.17, 15) is 18.0 Å². The van der Waals surface area contributed by atoms with Crippen LogP contribution in [0.2, 0.25) is 0 Å². The Labute approximate surface area is 278 Å². The third-order valence-corrected chi connectivity index (χ3v) is 10.1. The van der Waals surface area contributed by atoms with E-state index in [0.29, 0.717) is 6.54 Å². The second-order valence-corrected chi connectivity index (χ2v) is 14.3.